The number of rotatable bonds is 8. The molecule has 1 aromatic heterocycles. The number of piperazine rings is 1. The normalized spacial score (nSPS) is 16.9. The number of nitrogens with one attached hydrogen (secondary N) is 1. The van der Waals surface area contributed by atoms with E-state index >= 15 is 0 Å². The van der Waals surface area contributed by atoms with Gasteiger partial charge in [-0.25, -0.2) is 0 Å². The van der Waals surface area contributed by atoms with Crippen LogP contribution in [0.15, 0.2) is 41.8 Å². The zero-order valence-corrected chi connectivity index (χ0v) is 15.4. The zero-order chi connectivity index (χ0) is 16.6. The molecule has 1 fully saturated rings. The first-order valence-electron chi connectivity index (χ1n) is 9.07. The van der Waals surface area contributed by atoms with Gasteiger partial charge in [0.15, 0.2) is 0 Å². The van der Waals surface area contributed by atoms with Gasteiger partial charge < -0.3 is 10.1 Å². The van der Waals surface area contributed by atoms with Crippen molar-refractivity contribution >= 4 is 11.3 Å². The van der Waals surface area contributed by atoms with Crippen molar-refractivity contribution < 1.29 is 4.74 Å². The lowest BCUT2D eigenvalue weighted by Gasteiger charge is -2.27. The van der Waals surface area contributed by atoms with Crippen molar-refractivity contribution in [2.45, 2.75) is 38.8 Å². The fourth-order valence-corrected chi connectivity index (χ4v) is 3.92. The monoisotopic (exact) mass is 344 g/mol. The second kappa shape index (κ2) is 9.21. The summed E-state index contributed by atoms with van der Waals surface area (Å²) < 4.78 is 6.37. The predicted octanol–water partition coefficient (Wildman–Crippen LogP) is 4.46. The Labute approximate surface area is 149 Å². The second-order valence-electron chi connectivity index (χ2n) is 6.44. The number of nitrogens with zero attached hydrogens (tertiary/aromatic N) is 1. The molecule has 0 aliphatic carbocycles. The quantitative estimate of drug-likeness (QED) is 0.765. The molecule has 0 bridgehead atoms. The summed E-state index contributed by atoms with van der Waals surface area (Å²) in [5, 5.41) is 5.55. The molecule has 0 saturated carbocycles. The lowest BCUT2D eigenvalue weighted by Crippen LogP contribution is -2.42. The smallest absolute Gasteiger partial charge is 0.133 e. The number of hydrogen-bond acceptors (Lipinski definition) is 4. The predicted molar refractivity (Wildman–Crippen MR) is 102 cm³/mol. The van der Waals surface area contributed by atoms with Gasteiger partial charge in [-0.05, 0) is 42.0 Å². The highest BCUT2D eigenvalue weighted by molar-refractivity contribution is 7.10. The Morgan fingerprint density at radius 3 is 2.83 bits per heavy atom. The molecule has 1 aliphatic rings. The van der Waals surface area contributed by atoms with Gasteiger partial charge in [0.1, 0.15) is 11.9 Å². The van der Waals surface area contributed by atoms with Crippen LogP contribution in [0.1, 0.15) is 42.7 Å². The largest absolute Gasteiger partial charge is 0.485 e. The van der Waals surface area contributed by atoms with Gasteiger partial charge in [-0.1, -0.05) is 31.5 Å². The molecular formula is C20H28N2OS. The molecule has 1 saturated heterocycles. The third-order valence-electron chi connectivity index (χ3n) is 4.47. The molecule has 1 unspecified atom stereocenters. The Hall–Kier alpha value is -1.36. The van der Waals surface area contributed by atoms with Gasteiger partial charge in [-0.2, -0.15) is 0 Å². The Morgan fingerprint density at radius 2 is 2.08 bits per heavy atom. The molecule has 2 aromatic rings. The molecule has 1 aromatic carbocycles. The number of unbranched alkanes of at least 4 members (excludes halogenated alkanes) is 1. The minimum absolute atomic E-state index is 0.180. The van der Waals surface area contributed by atoms with E-state index in [2.05, 4.69) is 58.9 Å². The molecular weight excluding hydrogens is 316 g/mol. The van der Waals surface area contributed by atoms with Gasteiger partial charge in [0, 0.05) is 37.6 Å². The van der Waals surface area contributed by atoms with Crippen molar-refractivity contribution in [1.29, 1.82) is 0 Å². The van der Waals surface area contributed by atoms with Crippen molar-refractivity contribution in [2.75, 3.05) is 26.2 Å². The molecule has 130 valence electrons. The van der Waals surface area contributed by atoms with Crippen LogP contribution in [0, 0.1) is 0 Å². The van der Waals surface area contributed by atoms with Crippen LogP contribution >= 0.6 is 11.3 Å². The summed E-state index contributed by atoms with van der Waals surface area (Å²) in [6.07, 6.45) is 3.66. The van der Waals surface area contributed by atoms with Gasteiger partial charge in [0.05, 0.1) is 0 Å². The van der Waals surface area contributed by atoms with Gasteiger partial charge in [0.2, 0.25) is 0 Å². The molecule has 1 atom stereocenters. The van der Waals surface area contributed by atoms with Crippen molar-refractivity contribution in [3.05, 3.63) is 52.2 Å². The highest BCUT2D eigenvalue weighted by Crippen LogP contribution is 2.30. The van der Waals surface area contributed by atoms with Crippen LogP contribution < -0.4 is 10.1 Å². The van der Waals surface area contributed by atoms with Gasteiger partial charge in [-0.15, -0.1) is 11.3 Å². The van der Waals surface area contributed by atoms with E-state index in [-0.39, 0.29) is 6.10 Å². The molecule has 2 heterocycles. The molecule has 1 N–H and O–H groups in total. The van der Waals surface area contributed by atoms with Crippen LogP contribution in [0.5, 0.6) is 5.75 Å². The van der Waals surface area contributed by atoms with E-state index in [9.17, 15) is 0 Å². The van der Waals surface area contributed by atoms with E-state index in [4.69, 9.17) is 4.74 Å². The molecule has 0 amide bonds. The van der Waals surface area contributed by atoms with E-state index < -0.39 is 0 Å². The van der Waals surface area contributed by atoms with Gasteiger partial charge in [-0.3, -0.25) is 4.90 Å². The molecule has 3 rings (SSSR count). The molecule has 3 nitrogen and oxygen atoms in total. The summed E-state index contributed by atoms with van der Waals surface area (Å²) in [7, 11) is 0. The number of thiophene rings is 1. The number of benzene rings is 1. The van der Waals surface area contributed by atoms with Crippen LogP contribution in [0.4, 0.5) is 0 Å². The summed E-state index contributed by atoms with van der Waals surface area (Å²) >= 11 is 1.79. The Balaban J connectivity index is 1.65. The molecule has 4 heteroatoms. The third kappa shape index (κ3) is 5.07. The fourth-order valence-electron chi connectivity index (χ4n) is 3.13. The Bertz CT molecular complexity index is 593. The van der Waals surface area contributed by atoms with Crippen LogP contribution in [-0.4, -0.2) is 31.1 Å². The minimum Gasteiger partial charge on any atom is -0.485 e. The number of ether oxygens (including phenoxy) is 1. The molecule has 1 aliphatic heterocycles. The van der Waals surface area contributed by atoms with Crippen molar-refractivity contribution in [3.63, 3.8) is 0 Å². The number of hydrogen-bond donors (Lipinski definition) is 1. The molecule has 0 spiro atoms. The summed E-state index contributed by atoms with van der Waals surface area (Å²) in [4.78, 5) is 3.83. The maximum atomic E-state index is 6.37. The van der Waals surface area contributed by atoms with Crippen molar-refractivity contribution in [2.24, 2.45) is 0 Å². The summed E-state index contributed by atoms with van der Waals surface area (Å²) in [5.74, 6) is 0.997. The zero-order valence-electron chi connectivity index (χ0n) is 14.5. The van der Waals surface area contributed by atoms with E-state index in [1.165, 1.54) is 23.3 Å². The first kappa shape index (κ1) is 17.5. The summed E-state index contributed by atoms with van der Waals surface area (Å²) in [6.45, 7) is 7.68. The fraction of sp³-hybridized carbons (Fsp3) is 0.500. The first-order chi connectivity index (χ1) is 11.8. The highest BCUT2D eigenvalue weighted by Gasteiger charge is 2.15. The highest BCUT2D eigenvalue weighted by atomic mass is 32.1. The van der Waals surface area contributed by atoms with Crippen LogP contribution in [-0.2, 0) is 6.54 Å². The van der Waals surface area contributed by atoms with Crippen LogP contribution in [0.2, 0.25) is 0 Å². The van der Waals surface area contributed by atoms with E-state index in [1.54, 1.807) is 11.3 Å². The van der Waals surface area contributed by atoms with Gasteiger partial charge in [0.25, 0.3) is 0 Å². The molecule has 24 heavy (non-hydrogen) atoms. The first-order valence-corrected chi connectivity index (χ1v) is 9.95. The second-order valence-corrected chi connectivity index (χ2v) is 7.42. The maximum Gasteiger partial charge on any atom is 0.133 e. The average molecular weight is 345 g/mol. The standard InChI is InChI=1S/C20H28N2OS/c1-2-3-8-19(20-9-5-14-24-20)23-18-7-4-6-17(15-18)16-22-12-10-21-11-13-22/h4-7,9,14-15,19,21H,2-3,8,10-13,16H2,1H3. The summed E-state index contributed by atoms with van der Waals surface area (Å²) in [6, 6.07) is 12.9. The molecule has 0 radical (unpaired) electrons. The Kier molecular flexibility index (Phi) is 6.70. The van der Waals surface area contributed by atoms with E-state index in [1.807, 2.05) is 0 Å². The lowest BCUT2D eigenvalue weighted by atomic mass is 10.1. The van der Waals surface area contributed by atoms with Crippen LogP contribution in [0.3, 0.4) is 0 Å². The lowest BCUT2D eigenvalue weighted by molar-refractivity contribution is 0.194. The van der Waals surface area contributed by atoms with Crippen LogP contribution in [0.25, 0.3) is 0 Å². The van der Waals surface area contributed by atoms with Gasteiger partial charge >= 0.3 is 0 Å². The average Bonchev–Trinajstić information content (AvgIpc) is 3.14. The van der Waals surface area contributed by atoms with Crippen molar-refractivity contribution in [3.8, 4) is 5.75 Å². The third-order valence-corrected chi connectivity index (χ3v) is 5.44. The SMILES string of the molecule is CCCCC(Oc1cccc(CN2CCNCC2)c1)c1cccs1. The minimum atomic E-state index is 0.180. The van der Waals surface area contributed by atoms with Crippen molar-refractivity contribution in [1.82, 2.24) is 10.2 Å². The van der Waals surface area contributed by atoms with E-state index in [0.29, 0.717) is 0 Å². The summed E-state index contributed by atoms with van der Waals surface area (Å²) in [5.41, 5.74) is 1.34. The topological polar surface area (TPSA) is 24.5 Å². The maximum absolute atomic E-state index is 6.37. The van der Waals surface area contributed by atoms with E-state index in [0.717, 1.165) is 44.9 Å². The Morgan fingerprint density at radius 1 is 1.21 bits per heavy atom.